The fourth-order valence-corrected chi connectivity index (χ4v) is 2.74. The summed E-state index contributed by atoms with van der Waals surface area (Å²) in [5.74, 6) is 1.30. The van der Waals surface area contributed by atoms with E-state index < -0.39 is 0 Å². The third kappa shape index (κ3) is 3.63. The Morgan fingerprint density at radius 3 is 2.57 bits per heavy atom. The monoisotopic (exact) mass is 308 g/mol. The van der Waals surface area contributed by atoms with Gasteiger partial charge in [-0.2, -0.15) is 0 Å². The van der Waals surface area contributed by atoms with Crippen molar-refractivity contribution >= 4 is 0 Å². The van der Waals surface area contributed by atoms with E-state index in [4.69, 9.17) is 4.42 Å². The van der Waals surface area contributed by atoms with Crippen LogP contribution in [0, 0.1) is 0 Å². The number of furan rings is 1. The molecule has 3 aromatic rings. The van der Waals surface area contributed by atoms with Crippen molar-refractivity contribution in [1.82, 2.24) is 19.9 Å². The molecule has 5 nitrogen and oxygen atoms in total. The molecular weight excluding hydrogens is 288 g/mol. The molecule has 0 N–H and O–H groups in total. The third-order valence-corrected chi connectivity index (χ3v) is 3.87. The highest BCUT2D eigenvalue weighted by Crippen LogP contribution is 2.23. The summed E-state index contributed by atoms with van der Waals surface area (Å²) >= 11 is 0. The Hall–Kier alpha value is -2.53. The Kier molecular flexibility index (Phi) is 4.78. The summed E-state index contributed by atoms with van der Waals surface area (Å²) in [5.41, 5.74) is 2.30. The molecule has 0 spiro atoms. The lowest BCUT2D eigenvalue weighted by atomic mass is 10.1. The second-order valence-electron chi connectivity index (χ2n) is 5.52. The number of hydrogen-bond donors (Lipinski definition) is 0. The van der Waals surface area contributed by atoms with Gasteiger partial charge in [-0.3, -0.25) is 9.88 Å². The summed E-state index contributed by atoms with van der Waals surface area (Å²) < 4.78 is 5.31. The third-order valence-electron chi connectivity index (χ3n) is 3.87. The van der Waals surface area contributed by atoms with Gasteiger partial charge in [0.25, 0.3) is 0 Å². The fraction of sp³-hybridized carbons (Fsp3) is 0.278. The summed E-state index contributed by atoms with van der Waals surface area (Å²) in [6.45, 7) is 2.97. The topological polar surface area (TPSA) is 55.1 Å². The van der Waals surface area contributed by atoms with Gasteiger partial charge in [0.1, 0.15) is 0 Å². The molecule has 0 saturated carbocycles. The van der Waals surface area contributed by atoms with Gasteiger partial charge >= 0.3 is 0 Å². The highest BCUT2D eigenvalue weighted by molar-refractivity contribution is 5.45. The van der Waals surface area contributed by atoms with Gasteiger partial charge in [0.15, 0.2) is 11.6 Å². The van der Waals surface area contributed by atoms with Gasteiger partial charge in [-0.15, -0.1) is 0 Å². The molecule has 118 valence electrons. The molecule has 0 saturated heterocycles. The van der Waals surface area contributed by atoms with E-state index in [9.17, 15) is 0 Å². The molecule has 0 bridgehead atoms. The minimum atomic E-state index is 0.327. The first-order chi connectivity index (χ1) is 11.3. The van der Waals surface area contributed by atoms with Gasteiger partial charge in [-0.1, -0.05) is 13.0 Å². The lowest BCUT2D eigenvalue weighted by Crippen LogP contribution is -2.24. The Labute approximate surface area is 136 Å². The van der Waals surface area contributed by atoms with Crippen LogP contribution in [0.2, 0.25) is 0 Å². The van der Waals surface area contributed by atoms with Gasteiger partial charge < -0.3 is 4.42 Å². The van der Waals surface area contributed by atoms with E-state index in [1.807, 2.05) is 36.8 Å². The molecule has 3 heterocycles. The largest absolute Gasteiger partial charge is 0.461 e. The van der Waals surface area contributed by atoms with E-state index >= 15 is 0 Å². The highest BCUT2D eigenvalue weighted by atomic mass is 16.3. The zero-order valence-electron chi connectivity index (χ0n) is 13.4. The van der Waals surface area contributed by atoms with E-state index in [1.54, 1.807) is 12.5 Å². The molecule has 0 fully saturated rings. The average molecular weight is 308 g/mol. The maximum atomic E-state index is 5.31. The van der Waals surface area contributed by atoms with Gasteiger partial charge in [-0.05, 0) is 37.2 Å². The normalized spacial score (nSPS) is 12.5. The molecule has 0 unspecified atom stereocenters. The van der Waals surface area contributed by atoms with Crippen LogP contribution in [0.4, 0.5) is 0 Å². The Morgan fingerprint density at radius 2 is 1.96 bits per heavy atom. The molecule has 0 aliphatic heterocycles. The van der Waals surface area contributed by atoms with E-state index in [0.717, 1.165) is 18.5 Å². The number of hydrogen-bond acceptors (Lipinski definition) is 5. The zero-order chi connectivity index (χ0) is 16.1. The smallest absolute Gasteiger partial charge is 0.195 e. The second kappa shape index (κ2) is 7.15. The number of rotatable bonds is 6. The van der Waals surface area contributed by atoms with Crippen molar-refractivity contribution in [3.63, 3.8) is 0 Å². The van der Waals surface area contributed by atoms with Crippen molar-refractivity contribution in [2.24, 2.45) is 0 Å². The summed E-state index contributed by atoms with van der Waals surface area (Å²) in [6.07, 6.45) is 10.1. The van der Waals surface area contributed by atoms with Crippen LogP contribution in [-0.4, -0.2) is 26.9 Å². The van der Waals surface area contributed by atoms with Crippen molar-refractivity contribution in [3.8, 4) is 11.6 Å². The summed E-state index contributed by atoms with van der Waals surface area (Å²) in [5, 5.41) is 0. The number of aromatic nitrogens is 3. The molecule has 0 aromatic carbocycles. The predicted molar refractivity (Wildman–Crippen MR) is 88.5 cm³/mol. The first-order valence-electron chi connectivity index (χ1n) is 7.73. The summed E-state index contributed by atoms with van der Waals surface area (Å²) in [4.78, 5) is 15.3. The first kappa shape index (κ1) is 15.4. The summed E-state index contributed by atoms with van der Waals surface area (Å²) in [6, 6.07) is 8.12. The summed E-state index contributed by atoms with van der Waals surface area (Å²) in [7, 11) is 2.11. The second-order valence-corrected chi connectivity index (χ2v) is 5.52. The van der Waals surface area contributed by atoms with E-state index in [1.165, 1.54) is 5.56 Å². The average Bonchev–Trinajstić information content (AvgIpc) is 3.12. The Balaban J connectivity index is 1.70. The number of pyridine rings is 1. The molecule has 0 aliphatic rings. The standard InChI is InChI=1S/C18H20N4O/c1-3-16(15-6-4-8-19-12-15)22(2)13-14-10-20-18(21-11-14)17-7-5-9-23-17/h4-12,16H,3,13H2,1-2H3/t16-/m1/s1. The van der Waals surface area contributed by atoms with Crippen molar-refractivity contribution < 1.29 is 4.42 Å². The molecule has 0 aliphatic carbocycles. The lowest BCUT2D eigenvalue weighted by Gasteiger charge is -2.27. The van der Waals surface area contributed by atoms with Gasteiger partial charge in [0.2, 0.25) is 0 Å². The van der Waals surface area contributed by atoms with Crippen molar-refractivity contribution in [3.05, 3.63) is 66.4 Å². The molecule has 5 heteroatoms. The predicted octanol–water partition coefficient (Wildman–Crippen LogP) is 3.71. The van der Waals surface area contributed by atoms with E-state index in [-0.39, 0.29) is 0 Å². The van der Waals surface area contributed by atoms with Gasteiger partial charge in [0.05, 0.1) is 6.26 Å². The maximum Gasteiger partial charge on any atom is 0.195 e. The zero-order valence-corrected chi connectivity index (χ0v) is 13.4. The van der Waals surface area contributed by atoms with Crippen molar-refractivity contribution in [1.29, 1.82) is 0 Å². The van der Waals surface area contributed by atoms with Crippen LogP contribution in [-0.2, 0) is 6.54 Å². The Bertz CT molecular complexity index is 711. The lowest BCUT2D eigenvalue weighted by molar-refractivity contribution is 0.229. The van der Waals surface area contributed by atoms with Gasteiger partial charge in [0, 0.05) is 42.9 Å². The van der Waals surface area contributed by atoms with E-state index in [2.05, 4.69) is 39.9 Å². The van der Waals surface area contributed by atoms with Crippen LogP contribution in [0.25, 0.3) is 11.6 Å². The van der Waals surface area contributed by atoms with Crippen LogP contribution in [0.5, 0.6) is 0 Å². The van der Waals surface area contributed by atoms with Crippen LogP contribution in [0.3, 0.4) is 0 Å². The van der Waals surface area contributed by atoms with Crippen LogP contribution in [0.1, 0.15) is 30.5 Å². The highest BCUT2D eigenvalue weighted by Gasteiger charge is 2.16. The molecule has 3 aromatic heterocycles. The molecular formula is C18H20N4O. The minimum absolute atomic E-state index is 0.327. The molecule has 0 amide bonds. The van der Waals surface area contributed by atoms with Crippen LogP contribution < -0.4 is 0 Å². The molecule has 3 rings (SSSR count). The molecule has 0 radical (unpaired) electrons. The number of nitrogens with zero attached hydrogens (tertiary/aromatic N) is 4. The first-order valence-corrected chi connectivity index (χ1v) is 7.73. The minimum Gasteiger partial charge on any atom is -0.461 e. The van der Waals surface area contributed by atoms with Crippen LogP contribution >= 0.6 is 0 Å². The fourth-order valence-electron chi connectivity index (χ4n) is 2.74. The van der Waals surface area contributed by atoms with Crippen LogP contribution in [0.15, 0.2) is 59.7 Å². The van der Waals surface area contributed by atoms with Crippen molar-refractivity contribution in [2.75, 3.05) is 7.05 Å². The maximum absolute atomic E-state index is 5.31. The quantitative estimate of drug-likeness (QED) is 0.694. The Morgan fingerprint density at radius 1 is 1.13 bits per heavy atom. The molecule has 23 heavy (non-hydrogen) atoms. The van der Waals surface area contributed by atoms with E-state index in [0.29, 0.717) is 17.6 Å². The van der Waals surface area contributed by atoms with Crippen molar-refractivity contribution in [2.45, 2.75) is 25.9 Å². The van der Waals surface area contributed by atoms with Gasteiger partial charge in [-0.25, -0.2) is 9.97 Å². The molecule has 1 atom stereocenters. The SMILES string of the molecule is CC[C@H](c1cccnc1)N(C)Cc1cnc(-c2ccco2)nc1.